The van der Waals surface area contributed by atoms with Gasteiger partial charge in [-0.2, -0.15) is 5.10 Å². The highest BCUT2D eigenvalue weighted by molar-refractivity contribution is 7.12. The first-order valence-corrected chi connectivity index (χ1v) is 11.5. The lowest BCUT2D eigenvalue weighted by molar-refractivity contribution is 0.301. The Morgan fingerprint density at radius 1 is 0.938 bits per heavy atom. The van der Waals surface area contributed by atoms with E-state index in [-0.39, 0.29) is 0 Å². The first-order valence-electron chi connectivity index (χ1n) is 10.6. The predicted octanol–water partition coefficient (Wildman–Crippen LogP) is 6.17. The summed E-state index contributed by atoms with van der Waals surface area (Å²) < 4.78 is 14.2. The second kappa shape index (κ2) is 7.80. The van der Waals surface area contributed by atoms with E-state index in [1.807, 2.05) is 66.5 Å². The largest absolute Gasteiger partial charge is 0.487 e. The van der Waals surface area contributed by atoms with Gasteiger partial charge in [0.15, 0.2) is 5.06 Å². The van der Waals surface area contributed by atoms with Crippen LogP contribution in [0, 0.1) is 0 Å². The van der Waals surface area contributed by atoms with Gasteiger partial charge in [0.2, 0.25) is 0 Å². The highest BCUT2D eigenvalue weighted by Crippen LogP contribution is 2.45. The van der Waals surface area contributed by atoms with E-state index in [4.69, 9.17) is 9.47 Å². The van der Waals surface area contributed by atoms with Gasteiger partial charge in [0.25, 0.3) is 0 Å². The van der Waals surface area contributed by atoms with E-state index < -0.39 is 0 Å². The van der Waals surface area contributed by atoms with E-state index in [1.54, 1.807) is 11.3 Å². The fraction of sp³-hybridized carbons (Fsp3) is 0.154. The van der Waals surface area contributed by atoms with E-state index in [0.29, 0.717) is 6.61 Å². The molecule has 0 bridgehead atoms. The molecule has 6 rings (SSSR count). The van der Waals surface area contributed by atoms with E-state index in [2.05, 4.69) is 27.6 Å². The van der Waals surface area contributed by atoms with Gasteiger partial charge >= 0.3 is 0 Å². The van der Waals surface area contributed by atoms with Crippen LogP contribution in [0.3, 0.4) is 0 Å². The maximum Gasteiger partial charge on any atom is 0.190 e. The molecular weight excluding hydrogens is 418 g/mol. The van der Waals surface area contributed by atoms with Crippen molar-refractivity contribution in [3.63, 3.8) is 0 Å². The molecule has 6 heteroatoms. The van der Waals surface area contributed by atoms with Gasteiger partial charge in [-0.1, -0.05) is 24.3 Å². The summed E-state index contributed by atoms with van der Waals surface area (Å²) in [5.74, 6) is 1.58. The summed E-state index contributed by atoms with van der Waals surface area (Å²) in [7, 11) is 1.99. The summed E-state index contributed by atoms with van der Waals surface area (Å²) in [4.78, 5) is 4.66. The van der Waals surface area contributed by atoms with E-state index in [9.17, 15) is 0 Å². The van der Waals surface area contributed by atoms with E-state index in [1.165, 1.54) is 22.4 Å². The normalized spacial score (nSPS) is 12.4. The molecule has 0 amide bonds. The number of para-hydroxylation sites is 1. The van der Waals surface area contributed by atoms with Gasteiger partial charge < -0.3 is 9.47 Å². The van der Waals surface area contributed by atoms with Gasteiger partial charge in [0.05, 0.1) is 28.7 Å². The van der Waals surface area contributed by atoms with Crippen molar-refractivity contribution < 1.29 is 9.47 Å². The van der Waals surface area contributed by atoms with Crippen molar-refractivity contribution >= 4 is 22.2 Å². The molecule has 0 atom stereocenters. The molecule has 3 aromatic heterocycles. The third-order valence-electron chi connectivity index (χ3n) is 5.83. The summed E-state index contributed by atoms with van der Waals surface area (Å²) in [5.41, 5.74) is 6.86. The zero-order valence-electron chi connectivity index (χ0n) is 17.6. The minimum atomic E-state index is 0.423. The maximum atomic E-state index is 6.27. The zero-order valence-corrected chi connectivity index (χ0v) is 18.4. The first-order chi connectivity index (χ1) is 15.7. The van der Waals surface area contributed by atoms with Crippen molar-refractivity contribution in [2.75, 3.05) is 0 Å². The van der Waals surface area contributed by atoms with Crippen molar-refractivity contribution in [1.29, 1.82) is 0 Å². The van der Waals surface area contributed by atoms with E-state index in [0.717, 1.165) is 46.0 Å². The van der Waals surface area contributed by atoms with Crippen LogP contribution in [0.25, 0.3) is 22.2 Å². The van der Waals surface area contributed by atoms with Crippen LogP contribution < -0.4 is 9.47 Å². The van der Waals surface area contributed by atoms with Gasteiger partial charge in [-0.05, 0) is 65.7 Å². The molecule has 1 aliphatic rings. The second-order valence-corrected chi connectivity index (χ2v) is 8.77. The van der Waals surface area contributed by atoms with Gasteiger partial charge in [-0.25, -0.2) is 4.98 Å². The van der Waals surface area contributed by atoms with Crippen LogP contribution >= 0.6 is 11.3 Å². The summed E-state index contributed by atoms with van der Waals surface area (Å²) in [5, 5.41) is 8.69. The van der Waals surface area contributed by atoms with Crippen LogP contribution in [-0.4, -0.2) is 14.8 Å². The molecule has 0 saturated heterocycles. The van der Waals surface area contributed by atoms with Crippen molar-refractivity contribution in [1.82, 2.24) is 14.8 Å². The van der Waals surface area contributed by atoms with E-state index >= 15 is 0 Å². The Hall–Kier alpha value is -3.64. The second-order valence-electron chi connectivity index (χ2n) is 7.92. The Bertz CT molecular complexity index is 1420. The molecule has 0 saturated carbocycles. The Morgan fingerprint density at radius 2 is 1.75 bits per heavy atom. The van der Waals surface area contributed by atoms with Crippen molar-refractivity contribution in [2.45, 2.75) is 19.4 Å². The average Bonchev–Trinajstić information content (AvgIpc) is 3.41. The summed E-state index contributed by atoms with van der Waals surface area (Å²) in [6.45, 7) is 0.423. The summed E-state index contributed by atoms with van der Waals surface area (Å²) >= 11 is 1.65. The van der Waals surface area contributed by atoms with Crippen LogP contribution in [0.15, 0.2) is 72.2 Å². The number of pyridine rings is 1. The van der Waals surface area contributed by atoms with Crippen LogP contribution in [0.2, 0.25) is 0 Å². The summed E-state index contributed by atoms with van der Waals surface area (Å²) in [6, 6.07) is 19.9. The first kappa shape index (κ1) is 19.1. The number of nitrogens with zero attached hydrogens (tertiary/aromatic N) is 3. The third kappa shape index (κ3) is 3.42. The monoisotopic (exact) mass is 439 g/mol. The minimum absolute atomic E-state index is 0.423. The minimum Gasteiger partial charge on any atom is -0.487 e. The lowest BCUT2D eigenvalue weighted by atomic mass is 9.93. The Labute approximate surface area is 189 Å². The number of aromatic nitrogens is 3. The SMILES string of the molecule is Cn1ncc2c1-c1c(csc1Oc1ccc(OCc3ccc4ccccc4n3)cc1)CC2. The van der Waals surface area contributed by atoms with Crippen molar-refractivity contribution in [3.05, 3.63) is 89.1 Å². The number of ether oxygens (including phenoxy) is 2. The topological polar surface area (TPSA) is 49.2 Å². The third-order valence-corrected chi connectivity index (χ3v) is 6.73. The number of hydrogen-bond donors (Lipinski definition) is 0. The number of rotatable bonds is 5. The molecule has 158 valence electrons. The molecule has 3 heterocycles. The van der Waals surface area contributed by atoms with Gasteiger partial charge in [0, 0.05) is 12.4 Å². The molecule has 0 fully saturated rings. The van der Waals surface area contributed by atoms with Gasteiger partial charge in [-0.3, -0.25) is 4.68 Å². The molecule has 0 radical (unpaired) electrons. The smallest absolute Gasteiger partial charge is 0.190 e. The lowest BCUT2D eigenvalue weighted by Gasteiger charge is -2.15. The number of benzene rings is 2. The molecule has 1 aliphatic carbocycles. The van der Waals surface area contributed by atoms with Gasteiger partial charge in [-0.15, -0.1) is 11.3 Å². The van der Waals surface area contributed by atoms with Crippen molar-refractivity contribution in [3.8, 4) is 27.8 Å². The predicted molar refractivity (Wildman–Crippen MR) is 127 cm³/mol. The van der Waals surface area contributed by atoms with Crippen LogP contribution in [0.5, 0.6) is 16.6 Å². The maximum absolute atomic E-state index is 6.27. The van der Waals surface area contributed by atoms with Crippen LogP contribution in [0.1, 0.15) is 16.8 Å². The quantitative estimate of drug-likeness (QED) is 0.329. The fourth-order valence-corrected chi connectivity index (χ4v) is 5.17. The fourth-order valence-electron chi connectivity index (χ4n) is 4.20. The highest BCUT2D eigenvalue weighted by atomic mass is 32.1. The van der Waals surface area contributed by atoms with Crippen LogP contribution in [-0.2, 0) is 26.5 Å². The Morgan fingerprint density at radius 3 is 2.66 bits per heavy atom. The molecule has 0 spiro atoms. The molecule has 0 unspecified atom stereocenters. The average molecular weight is 440 g/mol. The molecule has 2 aromatic carbocycles. The highest BCUT2D eigenvalue weighted by Gasteiger charge is 2.25. The van der Waals surface area contributed by atoms with Crippen molar-refractivity contribution in [2.24, 2.45) is 7.05 Å². The number of fused-ring (bicyclic) bond motifs is 4. The molecule has 32 heavy (non-hydrogen) atoms. The number of hydrogen-bond acceptors (Lipinski definition) is 5. The van der Waals surface area contributed by atoms with Gasteiger partial charge in [0.1, 0.15) is 18.1 Å². The standard InChI is InChI=1S/C26H21N3O2S/c1-29-25-18(14-27-29)6-7-19-16-32-26(24(19)25)31-22-12-10-21(11-13-22)30-15-20-9-8-17-4-2-3-5-23(17)28-20/h2-5,8-14,16H,6-7,15H2,1H3. The molecule has 5 aromatic rings. The van der Waals surface area contributed by atoms with Crippen LogP contribution in [0.4, 0.5) is 0 Å². The Kier molecular flexibility index (Phi) is 4.65. The Balaban J connectivity index is 1.17. The molecule has 5 nitrogen and oxygen atoms in total. The molecular formula is C26H21N3O2S. The number of thiophene rings is 1. The molecule has 0 N–H and O–H groups in total. The lowest BCUT2D eigenvalue weighted by Crippen LogP contribution is -2.04. The summed E-state index contributed by atoms with van der Waals surface area (Å²) in [6.07, 6.45) is 4.03. The number of aryl methyl sites for hydroxylation is 3. The zero-order chi connectivity index (χ0) is 21.5. The molecule has 0 aliphatic heterocycles.